The first-order valence-corrected chi connectivity index (χ1v) is 9.12. The van der Waals surface area contributed by atoms with Crippen molar-refractivity contribution in [1.82, 2.24) is 14.5 Å². The SMILES string of the molecule is O=C1C[C@H](Cc2ccccc2)CN1Cc1cncn1Cc1ccccc1. The molecule has 132 valence electrons. The summed E-state index contributed by atoms with van der Waals surface area (Å²) in [6.07, 6.45) is 5.33. The highest BCUT2D eigenvalue weighted by atomic mass is 16.2. The number of carbonyl (C=O) groups is 1. The fourth-order valence-electron chi connectivity index (χ4n) is 3.69. The van der Waals surface area contributed by atoms with Gasteiger partial charge < -0.3 is 9.47 Å². The van der Waals surface area contributed by atoms with E-state index in [0.717, 1.165) is 25.2 Å². The number of aromatic nitrogens is 2. The van der Waals surface area contributed by atoms with Crippen LogP contribution in [0.3, 0.4) is 0 Å². The summed E-state index contributed by atoms with van der Waals surface area (Å²) in [6, 6.07) is 20.8. The normalized spacial score (nSPS) is 17.0. The van der Waals surface area contributed by atoms with Crippen molar-refractivity contribution in [3.05, 3.63) is 90.0 Å². The zero-order valence-corrected chi connectivity index (χ0v) is 14.8. The largest absolute Gasteiger partial charge is 0.337 e. The molecule has 1 saturated heterocycles. The Balaban J connectivity index is 1.40. The van der Waals surface area contributed by atoms with Gasteiger partial charge >= 0.3 is 0 Å². The van der Waals surface area contributed by atoms with Crippen molar-refractivity contribution in [3.8, 4) is 0 Å². The highest BCUT2D eigenvalue weighted by molar-refractivity contribution is 5.78. The number of imidazole rings is 1. The van der Waals surface area contributed by atoms with Gasteiger partial charge in [0.1, 0.15) is 0 Å². The van der Waals surface area contributed by atoms with Crippen molar-refractivity contribution in [2.75, 3.05) is 6.54 Å². The van der Waals surface area contributed by atoms with Crippen LogP contribution in [-0.4, -0.2) is 26.9 Å². The van der Waals surface area contributed by atoms with Crippen LogP contribution in [0.25, 0.3) is 0 Å². The lowest BCUT2D eigenvalue weighted by atomic mass is 9.99. The molecule has 26 heavy (non-hydrogen) atoms. The van der Waals surface area contributed by atoms with E-state index >= 15 is 0 Å². The van der Waals surface area contributed by atoms with Gasteiger partial charge in [-0.25, -0.2) is 4.98 Å². The van der Waals surface area contributed by atoms with E-state index in [-0.39, 0.29) is 5.91 Å². The quantitative estimate of drug-likeness (QED) is 0.685. The molecule has 1 amide bonds. The second-order valence-corrected chi connectivity index (χ2v) is 7.03. The summed E-state index contributed by atoms with van der Waals surface area (Å²) < 4.78 is 2.13. The first-order chi connectivity index (χ1) is 12.8. The van der Waals surface area contributed by atoms with Crippen LogP contribution in [0.2, 0.25) is 0 Å². The number of rotatable bonds is 6. The van der Waals surface area contributed by atoms with Crippen molar-refractivity contribution in [2.45, 2.75) is 25.9 Å². The lowest BCUT2D eigenvalue weighted by Crippen LogP contribution is -2.26. The van der Waals surface area contributed by atoms with Crippen LogP contribution in [0.1, 0.15) is 23.2 Å². The van der Waals surface area contributed by atoms with E-state index in [1.54, 1.807) is 0 Å². The number of amides is 1. The maximum Gasteiger partial charge on any atom is 0.223 e. The molecule has 1 aliphatic heterocycles. The molecule has 0 saturated carbocycles. The van der Waals surface area contributed by atoms with Gasteiger partial charge in [-0.3, -0.25) is 4.79 Å². The molecule has 0 aliphatic carbocycles. The third-order valence-corrected chi connectivity index (χ3v) is 5.01. The van der Waals surface area contributed by atoms with Crippen LogP contribution in [0.4, 0.5) is 0 Å². The number of likely N-dealkylation sites (tertiary alicyclic amines) is 1. The van der Waals surface area contributed by atoms with Crippen molar-refractivity contribution in [1.29, 1.82) is 0 Å². The molecule has 4 rings (SSSR count). The van der Waals surface area contributed by atoms with Crippen LogP contribution >= 0.6 is 0 Å². The van der Waals surface area contributed by atoms with Gasteiger partial charge in [-0.05, 0) is 23.5 Å². The average Bonchev–Trinajstić information content (AvgIpc) is 3.23. The summed E-state index contributed by atoms with van der Waals surface area (Å²) in [5, 5.41) is 0. The van der Waals surface area contributed by atoms with Gasteiger partial charge in [0.2, 0.25) is 5.91 Å². The van der Waals surface area contributed by atoms with E-state index in [2.05, 4.69) is 45.9 Å². The first-order valence-electron chi connectivity index (χ1n) is 9.12. The van der Waals surface area contributed by atoms with E-state index in [1.165, 1.54) is 11.1 Å². The Morgan fingerprint density at radius 1 is 0.923 bits per heavy atom. The van der Waals surface area contributed by atoms with Crippen molar-refractivity contribution >= 4 is 5.91 Å². The second-order valence-electron chi connectivity index (χ2n) is 7.03. The zero-order chi connectivity index (χ0) is 17.8. The van der Waals surface area contributed by atoms with E-state index < -0.39 is 0 Å². The monoisotopic (exact) mass is 345 g/mol. The number of hydrogen-bond acceptors (Lipinski definition) is 2. The fourth-order valence-corrected chi connectivity index (χ4v) is 3.69. The summed E-state index contributed by atoms with van der Waals surface area (Å²) >= 11 is 0. The molecule has 2 aromatic carbocycles. The Labute approximate surface area is 154 Å². The van der Waals surface area contributed by atoms with Crippen molar-refractivity contribution in [3.63, 3.8) is 0 Å². The van der Waals surface area contributed by atoms with Crippen LogP contribution < -0.4 is 0 Å². The average molecular weight is 345 g/mol. The first kappa shape index (κ1) is 16.6. The van der Waals surface area contributed by atoms with Crippen LogP contribution in [-0.2, 0) is 24.3 Å². The smallest absolute Gasteiger partial charge is 0.223 e. The maximum absolute atomic E-state index is 12.5. The number of benzene rings is 2. The molecule has 3 aromatic rings. The van der Waals surface area contributed by atoms with Crippen LogP contribution in [0.15, 0.2) is 73.2 Å². The Kier molecular flexibility index (Phi) is 4.82. The van der Waals surface area contributed by atoms with Gasteiger partial charge in [0.15, 0.2) is 0 Å². The second kappa shape index (κ2) is 7.56. The maximum atomic E-state index is 12.5. The Morgan fingerprint density at radius 3 is 2.35 bits per heavy atom. The highest BCUT2D eigenvalue weighted by Crippen LogP contribution is 2.23. The predicted octanol–water partition coefficient (Wildman–Crippen LogP) is 3.52. The number of nitrogens with zero attached hydrogens (tertiary/aromatic N) is 3. The van der Waals surface area contributed by atoms with E-state index in [4.69, 9.17) is 0 Å². The third-order valence-electron chi connectivity index (χ3n) is 5.01. The minimum absolute atomic E-state index is 0.249. The van der Waals surface area contributed by atoms with Gasteiger partial charge in [-0.1, -0.05) is 60.7 Å². The van der Waals surface area contributed by atoms with Crippen LogP contribution in [0, 0.1) is 5.92 Å². The summed E-state index contributed by atoms with van der Waals surface area (Å²) in [7, 11) is 0. The molecular formula is C22H23N3O. The minimum Gasteiger partial charge on any atom is -0.337 e. The van der Waals surface area contributed by atoms with Gasteiger partial charge in [-0.2, -0.15) is 0 Å². The molecule has 4 nitrogen and oxygen atoms in total. The molecule has 0 bridgehead atoms. The molecule has 0 unspecified atom stereocenters. The number of hydrogen-bond donors (Lipinski definition) is 0. The number of carbonyl (C=O) groups excluding carboxylic acids is 1. The topological polar surface area (TPSA) is 38.1 Å². The van der Waals surface area contributed by atoms with E-state index in [1.807, 2.05) is 41.7 Å². The summed E-state index contributed by atoms with van der Waals surface area (Å²) in [5.41, 5.74) is 3.63. The molecule has 1 atom stereocenters. The lowest BCUT2D eigenvalue weighted by Gasteiger charge is -2.18. The third kappa shape index (κ3) is 3.85. The predicted molar refractivity (Wildman–Crippen MR) is 101 cm³/mol. The fraction of sp³-hybridized carbons (Fsp3) is 0.273. The minimum atomic E-state index is 0.249. The van der Waals surface area contributed by atoms with Gasteiger partial charge in [0, 0.05) is 25.7 Å². The van der Waals surface area contributed by atoms with Gasteiger partial charge in [0.25, 0.3) is 0 Å². The van der Waals surface area contributed by atoms with E-state index in [0.29, 0.717) is 18.9 Å². The summed E-state index contributed by atoms with van der Waals surface area (Å²) in [4.78, 5) is 18.7. The summed E-state index contributed by atoms with van der Waals surface area (Å²) in [6.45, 7) is 2.24. The zero-order valence-electron chi connectivity index (χ0n) is 14.8. The Hall–Kier alpha value is -2.88. The lowest BCUT2D eigenvalue weighted by molar-refractivity contribution is -0.128. The molecule has 2 heterocycles. The summed E-state index contributed by atoms with van der Waals surface area (Å²) in [5.74, 6) is 0.647. The molecule has 4 heteroatoms. The van der Waals surface area contributed by atoms with Crippen LogP contribution in [0.5, 0.6) is 0 Å². The molecule has 1 aliphatic rings. The van der Waals surface area contributed by atoms with Gasteiger partial charge in [-0.15, -0.1) is 0 Å². The van der Waals surface area contributed by atoms with E-state index in [9.17, 15) is 4.79 Å². The van der Waals surface area contributed by atoms with Crippen molar-refractivity contribution in [2.24, 2.45) is 5.92 Å². The van der Waals surface area contributed by atoms with Gasteiger partial charge in [0.05, 0.1) is 18.6 Å². The molecule has 1 fully saturated rings. The molecule has 0 radical (unpaired) electrons. The standard InChI is InChI=1S/C22H23N3O/c26-22-12-20(11-18-7-3-1-4-8-18)15-24(22)16-21-13-23-17-25(21)14-19-9-5-2-6-10-19/h1-10,13,17,20H,11-12,14-16H2/t20-/m0/s1. The Bertz CT molecular complexity index is 857. The molecule has 1 aromatic heterocycles. The highest BCUT2D eigenvalue weighted by Gasteiger charge is 2.30. The van der Waals surface area contributed by atoms with Crippen molar-refractivity contribution < 1.29 is 4.79 Å². The Morgan fingerprint density at radius 2 is 1.62 bits per heavy atom. The molecular weight excluding hydrogens is 322 g/mol. The molecule has 0 N–H and O–H groups in total. The molecule has 0 spiro atoms.